The molecule has 1 heterocycles. The van der Waals surface area contributed by atoms with Crippen LogP contribution < -0.4 is 5.32 Å². The number of benzene rings is 2. The van der Waals surface area contributed by atoms with E-state index in [2.05, 4.69) is 15.5 Å². The van der Waals surface area contributed by atoms with Crippen LogP contribution in [0.2, 0.25) is 0 Å². The summed E-state index contributed by atoms with van der Waals surface area (Å²) in [6.07, 6.45) is 0.161. The highest BCUT2D eigenvalue weighted by Crippen LogP contribution is 2.11. The van der Waals surface area contributed by atoms with Crippen molar-refractivity contribution in [1.82, 2.24) is 14.8 Å². The number of amides is 1. The average molecular weight is 338 g/mol. The Kier molecular flexibility index (Phi) is 4.86. The van der Waals surface area contributed by atoms with Crippen molar-refractivity contribution >= 4 is 23.8 Å². The van der Waals surface area contributed by atoms with E-state index in [1.165, 1.54) is 0 Å². The number of rotatable bonds is 5. The maximum atomic E-state index is 12.3. The van der Waals surface area contributed by atoms with Crippen LogP contribution in [-0.4, -0.2) is 20.7 Å². The molecule has 0 aliphatic carbocycles. The fraction of sp³-hybridized carbons (Fsp3) is 0.167. The van der Waals surface area contributed by atoms with Crippen molar-refractivity contribution < 1.29 is 4.79 Å². The zero-order valence-corrected chi connectivity index (χ0v) is 14.1. The van der Waals surface area contributed by atoms with Gasteiger partial charge in [0, 0.05) is 5.69 Å². The Labute approximate surface area is 145 Å². The van der Waals surface area contributed by atoms with E-state index in [1.807, 2.05) is 66.1 Å². The highest BCUT2D eigenvalue weighted by atomic mass is 32.1. The summed E-state index contributed by atoms with van der Waals surface area (Å²) in [4.78, 5) is 12.3. The normalized spacial score (nSPS) is 10.5. The highest BCUT2D eigenvalue weighted by molar-refractivity contribution is 7.71. The van der Waals surface area contributed by atoms with E-state index >= 15 is 0 Å². The van der Waals surface area contributed by atoms with Gasteiger partial charge < -0.3 is 5.32 Å². The standard InChI is InChI=1S/C18H18N4OS/c1-13-6-5-9-15(10-13)19-17(23)11-16-20-21-18(24)22(16)12-14-7-3-2-4-8-14/h2-10H,11-12H2,1H3,(H,19,23)(H,21,24). The van der Waals surface area contributed by atoms with E-state index in [-0.39, 0.29) is 12.3 Å². The second-order valence-corrected chi connectivity index (χ2v) is 6.00. The molecule has 24 heavy (non-hydrogen) atoms. The molecule has 0 atom stereocenters. The lowest BCUT2D eigenvalue weighted by atomic mass is 10.2. The topological polar surface area (TPSA) is 62.7 Å². The number of anilines is 1. The number of nitrogens with zero attached hydrogens (tertiary/aromatic N) is 2. The Morgan fingerprint density at radius 3 is 2.75 bits per heavy atom. The molecule has 2 N–H and O–H groups in total. The number of nitrogens with one attached hydrogen (secondary N) is 2. The molecular weight excluding hydrogens is 320 g/mol. The average Bonchev–Trinajstić information content (AvgIpc) is 2.89. The van der Waals surface area contributed by atoms with Crippen LogP contribution >= 0.6 is 12.2 Å². The summed E-state index contributed by atoms with van der Waals surface area (Å²) >= 11 is 5.28. The third-order valence-electron chi connectivity index (χ3n) is 3.64. The molecule has 2 aromatic carbocycles. The molecule has 0 aliphatic rings. The number of carbonyl (C=O) groups excluding carboxylic acids is 1. The number of hydrogen-bond acceptors (Lipinski definition) is 3. The fourth-order valence-electron chi connectivity index (χ4n) is 2.49. The van der Waals surface area contributed by atoms with Gasteiger partial charge in [0.05, 0.1) is 13.0 Å². The Morgan fingerprint density at radius 2 is 2.00 bits per heavy atom. The molecule has 0 spiro atoms. The molecule has 3 rings (SSSR count). The van der Waals surface area contributed by atoms with Gasteiger partial charge in [-0.25, -0.2) is 0 Å². The number of hydrogen-bond donors (Lipinski definition) is 2. The lowest BCUT2D eigenvalue weighted by Gasteiger charge is -2.08. The van der Waals surface area contributed by atoms with Crippen LogP contribution in [0.1, 0.15) is 17.0 Å². The third kappa shape index (κ3) is 3.97. The molecule has 0 radical (unpaired) electrons. The van der Waals surface area contributed by atoms with Crippen molar-refractivity contribution in [2.75, 3.05) is 5.32 Å². The van der Waals surface area contributed by atoms with Gasteiger partial charge in [-0.05, 0) is 42.4 Å². The van der Waals surface area contributed by atoms with Crippen molar-refractivity contribution in [2.24, 2.45) is 0 Å². The number of aromatic nitrogens is 3. The van der Waals surface area contributed by atoms with E-state index in [0.717, 1.165) is 16.8 Å². The molecule has 0 unspecified atom stereocenters. The Bertz CT molecular complexity index is 899. The second kappa shape index (κ2) is 7.23. The summed E-state index contributed by atoms with van der Waals surface area (Å²) in [7, 11) is 0. The van der Waals surface area contributed by atoms with Gasteiger partial charge in [-0.15, -0.1) is 0 Å². The van der Waals surface area contributed by atoms with Gasteiger partial charge >= 0.3 is 0 Å². The minimum absolute atomic E-state index is 0.121. The summed E-state index contributed by atoms with van der Waals surface area (Å²) in [5, 5.41) is 9.86. The van der Waals surface area contributed by atoms with Crippen LogP contribution in [0.25, 0.3) is 0 Å². The molecule has 3 aromatic rings. The lowest BCUT2D eigenvalue weighted by molar-refractivity contribution is -0.115. The fourth-order valence-corrected chi connectivity index (χ4v) is 2.70. The summed E-state index contributed by atoms with van der Waals surface area (Å²) in [6.45, 7) is 2.57. The van der Waals surface area contributed by atoms with Gasteiger partial charge in [0.15, 0.2) is 4.77 Å². The molecule has 0 aliphatic heterocycles. The quantitative estimate of drug-likeness (QED) is 0.700. The number of aromatic amines is 1. The van der Waals surface area contributed by atoms with Crippen LogP contribution in [0, 0.1) is 11.7 Å². The Balaban J connectivity index is 1.73. The number of H-pyrrole nitrogens is 1. The summed E-state index contributed by atoms with van der Waals surface area (Å²) < 4.78 is 2.36. The van der Waals surface area contributed by atoms with Crippen molar-refractivity contribution in [3.8, 4) is 0 Å². The van der Waals surface area contributed by atoms with E-state index < -0.39 is 0 Å². The van der Waals surface area contributed by atoms with E-state index in [4.69, 9.17) is 12.2 Å². The molecule has 0 fully saturated rings. The van der Waals surface area contributed by atoms with Crippen LogP contribution in [0.3, 0.4) is 0 Å². The second-order valence-electron chi connectivity index (χ2n) is 5.61. The van der Waals surface area contributed by atoms with E-state index in [9.17, 15) is 4.79 Å². The highest BCUT2D eigenvalue weighted by Gasteiger charge is 2.12. The summed E-state index contributed by atoms with van der Waals surface area (Å²) in [6, 6.07) is 17.7. The third-order valence-corrected chi connectivity index (χ3v) is 3.95. The Hall–Kier alpha value is -2.73. The van der Waals surface area contributed by atoms with Gasteiger partial charge in [-0.1, -0.05) is 42.5 Å². The number of carbonyl (C=O) groups is 1. The lowest BCUT2D eigenvalue weighted by Crippen LogP contribution is -2.18. The molecule has 5 nitrogen and oxygen atoms in total. The van der Waals surface area contributed by atoms with Crippen LogP contribution in [0.4, 0.5) is 5.69 Å². The van der Waals surface area contributed by atoms with Crippen molar-refractivity contribution in [3.05, 3.63) is 76.3 Å². The van der Waals surface area contributed by atoms with Gasteiger partial charge in [0.25, 0.3) is 0 Å². The van der Waals surface area contributed by atoms with Gasteiger partial charge in [0.2, 0.25) is 5.91 Å². The van der Waals surface area contributed by atoms with Gasteiger partial charge in [-0.2, -0.15) is 5.10 Å². The van der Waals surface area contributed by atoms with Crippen LogP contribution in [0.15, 0.2) is 54.6 Å². The largest absolute Gasteiger partial charge is 0.326 e. The first-order valence-corrected chi connectivity index (χ1v) is 8.07. The zero-order chi connectivity index (χ0) is 16.9. The first kappa shape index (κ1) is 16.1. The van der Waals surface area contributed by atoms with E-state index in [0.29, 0.717) is 17.1 Å². The van der Waals surface area contributed by atoms with Gasteiger partial charge in [0.1, 0.15) is 5.82 Å². The molecule has 0 saturated carbocycles. The maximum absolute atomic E-state index is 12.3. The predicted molar refractivity (Wildman–Crippen MR) is 96.5 cm³/mol. The van der Waals surface area contributed by atoms with Gasteiger partial charge in [-0.3, -0.25) is 14.5 Å². The smallest absolute Gasteiger partial charge is 0.232 e. The molecule has 6 heteroatoms. The number of aryl methyl sites for hydroxylation is 1. The predicted octanol–water partition coefficient (Wildman–Crippen LogP) is 3.48. The van der Waals surface area contributed by atoms with Crippen LogP contribution in [-0.2, 0) is 17.8 Å². The van der Waals surface area contributed by atoms with Crippen molar-refractivity contribution in [3.63, 3.8) is 0 Å². The minimum Gasteiger partial charge on any atom is -0.326 e. The summed E-state index contributed by atoms with van der Waals surface area (Å²) in [5.41, 5.74) is 2.98. The van der Waals surface area contributed by atoms with Crippen molar-refractivity contribution in [2.45, 2.75) is 19.9 Å². The monoisotopic (exact) mass is 338 g/mol. The Morgan fingerprint density at radius 1 is 1.21 bits per heavy atom. The molecular formula is C18H18N4OS. The van der Waals surface area contributed by atoms with Crippen LogP contribution in [0.5, 0.6) is 0 Å². The first-order valence-electron chi connectivity index (χ1n) is 7.66. The SMILES string of the molecule is Cc1cccc(NC(=O)Cc2n[nH]c(=S)n2Cc2ccccc2)c1. The molecule has 1 aromatic heterocycles. The minimum atomic E-state index is -0.121. The molecule has 1 amide bonds. The summed E-state index contributed by atoms with van der Waals surface area (Å²) in [5.74, 6) is 0.498. The maximum Gasteiger partial charge on any atom is 0.232 e. The first-order chi connectivity index (χ1) is 11.6. The zero-order valence-electron chi connectivity index (χ0n) is 13.3. The molecule has 0 saturated heterocycles. The molecule has 0 bridgehead atoms. The van der Waals surface area contributed by atoms with E-state index in [1.54, 1.807) is 0 Å². The molecule has 122 valence electrons. The van der Waals surface area contributed by atoms with Crippen molar-refractivity contribution in [1.29, 1.82) is 0 Å².